The summed E-state index contributed by atoms with van der Waals surface area (Å²) in [4.78, 5) is 9.11. The monoisotopic (exact) mass is 443 g/mol. The molecule has 0 unspecified atom stereocenters. The summed E-state index contributed by atoms with van der Waals surface area (Å²) in [5.41, 5.74) is 3.94. The molecule has 0 N–H and O–H groups in total. The Labute approximate surface area is 192 Å². The molecule has 2 atom stereocenters. The van der Waals surface area contributed by atoms with Crippen molar-refractivity contribution < 1.29 is 9.13 Å². The number of halogens is 1. The Bertz CT molecular complexity index is 1300. The molecule has 0 saturated carbocycles. The predicted molar refractivity (Wildman–Crippen MR) is 126 cm³/mol. The summed E-state index contributed by atoms with van der Waals surface area (Å²) in [6, 6.07) is 12.8. The van der Waals surface area contributed by atoms with Crippen LogP contribution in [-0.4, -0.2) is 31.4 Å². The number of aromatic nitrogens is 5. The molecule has 0 saturated heterocycles. The maximum absolute atomic E-state index is 13.4. The van der Waals surface area contributed by atoms with Crippen molar-refractivity contribution in [1.82, 2.24) is 24.3 Å². The topological polar surface area (TPSA) is 57.8 Å². The zero-order chi connectivity index (χ0) is 22.9. The second-order valence-electron chi connectivity index (χ2n) is 8.64. The highest BCUT2D eigenvalue weighted by atomic mass is 19.1. The van der Waals surface area contributed by atoms with Crippen LogP contribution in [0.15, 0.2) is 55.0 Å². The van der Waals surface area contributed by atoms with Crippen molar-refractivity contribution in [3.63, 3.8) is 0 Å². The van der Waals surface area contributed by atoms with E-state index in [-0.39, 0.29) is 11.7 Å². The second kappa shape index (κ2) is 8.65. The highest BCUT2D eigenvalue weighted by Gasteiger charge is 2.29. The zero-order valence-corrected chi connectivity index (χ0v) is 18.9. The maximum Gasteiger partial charge on any atom is 0.174 e. The van der Waals surface area contributed by atoms with Crippen LogP contribution in [-0.2, 0) is 6.54 Å². The van der Waals surface area contributed by atoms with E-state index < -0.39 is 0 Å². The lowest BCUT2D eigenvalue weighted by Gasteiger charge is -2.27. The summed E-state index contributed by atoms with van der Waals surface area (Å²) < 4.78 is 23.0. The normalized spacial score (nSPS) is 17.9. The molecule has 2 aromatic heterocycles. The van der Waals surface area contributed by atoms with E-state index in [0.717, 1.165) is 47.0 Å². The molecule has 5 rings (SSSR count). The average molecular weight is 444 g/mol. The van der Waals surface area contributed by atoms with E-state index in [2.05, 4.69) is 11.9 Å². The second-order valence-corrected chi connectivity index (χ2v) is 8.64. The van der Waals surface area contributed by atoms with Crippen molar-refractivity contribution in [2.75, 3.05) is 7.11 Å². The lowest BCUT2D eigenvalue weighted by molar-refractivity contribution is 0.342. The Hall–Kier alpha value is -3.74. The molecule has 0 fully saturated rings. The van der Waals surface area contributed by atoms with Crippen LogP contribution in [0.4, 0.5) is 4.39 Å². The molecule has 0 bridgehead atoms. The van der Waals surface area contributed by atoms with Crippen molar-refractivity contribution in [3.8, 4) is 11.4 Å². The maximum atomic E-state index is 13.4. The van der Waals surface area contributed by atoms with Gasteiger partial charge < -0.3 is 9.30 Å². The van der Waals surface area contributed by atoms with Crippen molar-refractivity contribution in [2.24, 2.45) is 5.92 Å². The molecule has 0 aliphatic carbocycles. The number of benzene rings is 2. The van der Waals surface area contributed by atoms with Gasteiger partial charge in [-0.3, -0.25) is 0 Å². The standard InChI is InChI=1S/C26H26FN5O/c1-17-12-22(20-6-8-21(27)9-7-20)26-29-25(30-32(26)14-17)11-5-19-4-10-23(24(13-19)33-3)31-15-18(2)28-16-31/h4-11,13,15-17,22H,12,14H2,1-3H3/b11-5+/t17-,22-/m1/s1. The van der Waals surface area contributed by atoms with E-state index in [0.29, 0.717) is 11.7 Å². The minimum absolute atomic E-state index is 0.113. The number of methoxy groups -OCH3 is 1. The third-order valence-corrected chi connectivity index (χ3v) is 6.04. The fourth-order valence-corrected chi connectivity index (χ4v) is 4.43. The van der Waals surface area contributed by atoms with E-state index in [1.807, 2.05) is 64.9 Å². The number of hydrogen-bond acceptors (Lipinski definition) is 4. The molecule has 1 aliphatic heterocycles. The third kappa shape index (κ3) is 4.31. The summed E-state index contributed by atoms with van der Waals surface area (Å²) in [5.74, 6) is 2.72. The van der Waals surface area contributed by atoms with Gasteiger partial charge in [-0.1, -0.05) is 31.2 Å². The largest absolute Gasteiger partial charge is 0.495 e. The van der Waals surface area contributed by atoms with Gasteiger partial charge in [0.05, 0.1) is 24.8 Å². The lowest BCUT2D eigenvalue weighted by Crippen LogP contribution is -2.24. The van der Waals surface area contributed by atoms with Gasteiger partial charge >= 0.3 is 0 Å². The minimum atomic E-state index is -0.225. The molecule has 7 heteroatoms. The minimum Gasteiger partial charge on any atom is -0.495 e. The van der Waals surface area contributed by atoms with Gasteiger partial charge in [-0.25, -0.2) is 19.0 Å². The molecule has 33 heavy (non-hydrogen) atoms. The fourth-order valence-electron chi connectivity index (χ4n) is 4.43. The first-order valence-corrected chi connectivity index (χ1v) is 11.1. The van der Waals surface area contributed by atoms with Gasteiger partial charge in [0.2, 0.25) is 0 Å². The van der Waals surface area contributed by atoms with Crippen molar-refractivity contribution in [3.05, 3.63) is 89.3 Å². The third-order valence-electron chi connectivity index (χ3n) is 6.04. The molecule has 1 aliphatic rings. The summed E-state index contributed by atoms with van der Waals surface area (Å²) in [7, 11) is 1.66. The molecule has 2 aromatic carbocycles. The fraction of sp³-hybridized carbons (Fsp3) is 0.269. The number of fused-ring (bicyclic) bond motifs is 1. The van der Waals surface area contributed by atoms with Crippen molar-refractivity contribution >= 4 is 12.2 Å². The van der Waals surface area contributed by atoms with Crippen LogP contribution >= 0.6 is 0 Å². The first-order chi connectivity index (χ1) is 16.0. The Morgan fingerprint density at radius 3 is 2.67 bits per heavy atom. The Balaban J connectivity index is 1.42. The van der Waals surface area contributed by atoms with Crippen LogP contribution in [0, 0.1) is 18.7 Å². The molecule has 0 spiro atoms. The van der Waals surface area contributed by atoms with Gasteiger partial charge in [0.1, 0.15) is 17.4 Å². The van der Waals surface area contributed by atoms with Gasteiger partial charge in [0.25, 0.3) is 0 Å². The van der Waals surface area contributed by atoms with Gasteiger partial charge in [-0.15, -0.1) is 0 Å². The van der Waals surface area contributed by atoms with E-state index in [1.54, 1.807) is 13.4 Å². The Morgan fingerprint density at radius 2 is 1.94 bits per heavy atom. The lowest BCUT2D eigenvalue weighted by atomic mass is 9.86. The molecule has 3 heterocycles. The van der Waals surface area contributed by atoms with E-state index in [1.165, 1.54) is 12.1 Å². The first kappa shape index (κ1) is 21.1. The van der Waals surface area contributed by atoms with Gasteiger partial charge in [0.15, 0.2) is 5.82 Å². The summed E-state index contributed by atoms with van der Waals surface area (Å²) in [6.07, 6.45) is 8.63. The van der Waals surface area contributed by atoms with Crippen LogP contribution in [0.3, 0.4) is 0 Å². The molecule has 0 radical (unpaired) electrons. The Kier molecular flexibility index (Phi) is 5.54. The van der Waals surface area contributed by atoms with E-state index >= 15 is 0 Å². The number of aryl methyl sites for hydroxylation is 1. The number of nitrogens with zero attached hydrogens (tertiary/aromatic N) is 5. The van der Waals surface area contributed by atoms with Crippen LogP contribution in [0.5, 0.6) is 5.75 Å². The summed E-state index contributed by atoms with van der Waals surface area (Å²) in [5, 5.41) is 4.72. The van der Waals surface area contributed by atoms with Crippen molar-refractivity contribution in [1.29, 1.82) is 0 Å². The van der Waals surface area contributed by atoms with Crippen molar-refractivity contribution in [2.45, 2.75) is 32.7 Å². The van der Waals surface area contributed by atoms with Crippen LogP contribution < -0.4 is 4.74 Å². The van der Waals surface area contributed by atoms with E-state index in [9.17, 15) is 4.39 Å². The van der Waals surface area contributed by atoms with Gasteiger partial charge in [0, 0.05) is 18.7 Å². The smallest absolute Gasteiger partial charge is 0.174 e. The van der Waals surface area contributed by atoms with Gasteiger partial charge in [-0.05, 0) is 60.7 Å². The molecular formula is C26H26FN5O. The molecule has 6 nitrogen and oxygen atoms in total. The predicted octanol–water partition coefficient (Wildman–Crippen LogP) is 5.26. The highest BCUT2D eigenvalue weighted by Crippen LogP contribution is 2.35. The van der Waals surface area contributed by atoms with Crippen LogP contribution in [0.1, 0.15) is 47.7 Å². The summed E-state index contributed by atoms with van der Waals surface area (Å²) in [6.45, 7) is 5.01. The molecule has 0 amide bonds. The highest BCUT2D eigenvalue weighted by molar-refractivity contribution is 5.69. The number of imidazole rings is 1. The quantitative estimate of drug-likeness (QED) is 0.422. The average Bonchev–Trinajstić information content (AvgIpc) is 3.43. The molecular weight excluding hydrogens is 417 g/mol. The number of hydrogen-bond donors (Lipinski definition) is 0. The SMILES string of the molecule is COc1cc(/C=C/c2nc3n(n2)C[C@H](C)C[C@@H]3c2ccc(F)cc2)ccc1-n1cnc(C)c1. The number of rotatable bonds is 5. The van der Waals surface area contributed by atoms with Gasteiger partial charge in [-0.2, -0.15) is 5.10 Å². The van der Waals surface area contributed by atoms with Crippen LogP contribution in [0.2, 0.25) is 0 Å². The van der Waals surface area contributed by atoms with Crippen LogP contribution in [0.25, 0.3) is 17.8 Å². The Morgan fingerprint density at radius 1 is 1.12 bits per heavy atom. The molecule has 4 aromatic rings. The first-order valence-electron chi connectivity index (χ1n) is 11.1. The zero-order valence-electron chi connectivity index (χ0n) is 18.9. The summed E-state index contributed by atoms with van der Waals surface area (Å²) >= 11 is 0. The molecule has 168 valence electrons. The van der Waals surface area contributed by atoms with E-state index in [4.69, 9.17) is 14.8 Å². The number of ether oxygens (including phenoxy) is 1.